The quantitative estimate of drug-likeness (QED) is 0.788. The molecular formula is C14H19NO2. The van der Waals surface area contributed by atoms with E-state index in [1.165, 1.54) is 5.56 Å². The third-order valence-corrected chi connectivity index (χ3v) is 3.19. The molecule has 2 N–H and O–H groups in total. The molecule has 2 rings (SSSR count). The Balaban J connectivity index is 1.71. The highest BCUT2D eigenvalue weighted by atomic mass is 16.5. The molecule has 0 unspecified atom stereocenters. The molecular weight excluding hydrogens is 214 g/mol. The second kappa shape index (κ2) is 5.32. The predicted molar refractivity (Wildman–Crippen MR) is 66.4 cm³/mol. The Kier molecular flexibility index (Phi) is 3.79. The molecule has 0 bridgehead atoms. The molecule has 1 fully saturated rings. The van der Waals surface area contributed by atoms with E-state index in [-0.39, 0.29) is 17.9 Å². The molecule has 1 aromatic carbocycles. The van der Waals surface area contributed by atoms with Crippen LogP contribution in [0, 0.1) is 11.8 Å². The molecule has 1 aromatic rings. The van der Waals surface area contributed by atoms with E-state index in [2.05, 4.69) is 6.92 Å². The van der Waals surface area contributed by atoms with E-state index < -0.39 is 0 Å². The van der Waals surface area contributed by atoms with Crippen LogP contribution in [0.2, 0.25) is 0 Å². The van der Waals surface area contributed by atoms with Crippen molar-refractivity contribution in [2.45, 2.75) is 25.8 Å². The number of esters is 1. The van der Waals surface area contributed by atoms with E-state index in [0.29, 0.717) is 12.5 Å². The van der Waals surface area contributed by atoms with Gasteiger partial charge in [-0.1, -0.05) is 37.3 Å². The first-order valence-corrected chi connectivity index (χ1v) is 6.13. The second-order valence-electron chi connectivity index (χ2n) is 4.90. The third kappa shape index (κ3) is 3.56. The molecule has 0 spiro atoms. The van der Waals surface area contributed by atoms with Gasteiger partial charge in [0.1, 0.15) is 6.61 Å². The van der Waals surface area contributed by atoms with Crippen molar-refractivity contribution in [2.24, 2.45) is 17.6 Å². The lowest BCUT2D eigenvalue weighted by Gasteiger charge is -2.12. The van der Waals surface area contributed by atoms with Crippen LogP contribution in [0.4, 0.5) is 0 Å². The zero-order chi connectivity index (χ0) is 12.3. The summed E-state index contributed by atoms with van der Waals surface area (Å²) in [5, 5.41) is 0. The summed E-state index contributed by atoms with van der Waals surface area (Å²) in [5.74, 6) is 0.535. The van der Waals surface area contributed by atoms with Crippen LogP contribution in [0.1, 0.15) is 18.9 Å². The normalized spacial score (nSPS) is 24.1. The highest BCUT2D eigenvalue weighted by Crippen LogP contribution is 2.38. The van der Waals surface area contributed by atoms with E-state index in [1.807, 2.05) is 30.3 Å². The zero-order valence-electron chi connectivity index (χ0n) is 10.1. The summed E-state index contributed by atoms with van der Waals surface area (Å²) in [7, 11) is 0. The number of hydrogen-bond donors (Lipinski definition) is 1. The number of carbonyl (C=O) groups is 1. The molecule has 17 heavy (non-hydrogen) atoms. The van der Waals surface area contributed by atoms with Crippen molar-refractivity contribution < 1.29 is 9.53 Å². The van der Waals surface area contributed by atoms with Gasteiger partial charge in [0.05, 0.1) is 5.92 Å². The summed E-state index contributed by atoms with van der Waals surface area (Å²) in [6, 6.07) is 9.90. The lowest BCUT2D eigenvalue weighted by atomic mass is 10.1. The van der Waals surface area contributed by atoms with Gasteiger partial charge in [-0.05, 0) is 24.3 Å². The monoisotopic (exact) mass is 233 g/mol. The Labute approximate surface area is 102 Å². The van der Waals surface area contributed by atoms with Crippen LogP contribution >= 0.6 is 0 Å². The number of nitrogens with two attached hydrogens (primary N) is 1. The summed E-state index contributed by atoms with van der Waals surface area (Å²) in [4.78, 5) is 11.5. The Bertz CT molecular complexity index is 377. The van der Waals surface area contributed by atoms with Crippen molar-refractivity contribution in [3.8, 4) is 0 Å². The van der Waals surface area contributed by atoms with Crippen molar-refractivity contribution >= 4 is 5.97 Å². The molecule has 1 saturated carbocycles. The fourth-order valence-electron chi connectivity index (χ4n) is 1.92. The average molecular weight is 233 g/mol. The van der Waals surface area contributed by atoms with Crippen LogP contribution in [0.3, 0.4) is 0 Å². The minimum Gasteiger partial charge on any atom is -0.464 e. The fraction of sp³-hybridized carbons (Fsp3) is 0.500. The number of ether oxygens (including phenoxy) is 1. The zero-order valence-corrected chi connectivity index (χ0v) is 10.1. The van der Waals surface area contributed by atoms with E-state index >= 15 is 0 Å². The van der Waals surface area contributed by atoms with Gasteiger partial charge in [0, 0.05) is 6.04 Å². The molecule has 0 radical (unpaired) electrons. The van der Waals surface area contributed by atoms with Gasteiger partial charge in [0.2, 0.25) is 0 Å². The fourth-order valence-corrected chi connectivity index (χ4v) is 1.92. The van der Waals surface area contributed by atoms with E-state index in [1.54, 1.807) is 0 Å². The third-order valence-electron chi connectivity index (χ3n) is 3.19. The molecule has 1 aliphatic rings. The maximum Gasteiger partial charge on any atom is 0.309 e. The van der Waals surface area contributed by atoms with Crippen LogP contribution in [0.15, 0.2) is 30.3 Å². The number of carbonyl (C=O) groups excluding carboxylic acids is 1. The highest BCUT2D eigenvalue weighted by Gasteiger charge is 2.40. The van der Waals surface area contributed by atoms with Crippen molar-refractivity contribution in [2.75, 3.05) is 6.61 Å². The Hall–Kier alpha value is -1.35. The van der Waals surface area contributed by atoms with Gasteiger partial charge in [-0.15, -0.1) is 0 Å². The maximum atomic E-state index is 11.5. The van der Waals surface area contributed by atoms with Gasteiger partial charge < -0.3 is 10.5 Å². The van der Waals surface area contributed by atoms with Crippen LogP contribution in [0.5, 0.6) is 0 Å². The van der Waals surface area contributed by atoms with Crippen LogP contribution in [-0.4, -0.2) is 18.6 Å². The van der Waals surface area contributed by atoms with Gasteiger partial charge >= 0.3 is 5.97 Å². The largest absolute Gasteiger partial charge is 0.464 e. The average Bonchev–Trinajstić information content (AvgIpc) is 3.05. The van der Waals surface area contributed by atoms with Crippen molar-refractivity contribution in [1.82, 2.24) is 0 Å². The molecule has 0 saturated heterocycles. The molecule has 3 atom stereocenters. The molecule has 0 aromatic heterocycles. The lowest BCUT2D eigenvalue weighted by molar-refractivity contribution is -0.146. The summed E-state index contributed by atoms with van der Waals surface area (Å²) < 4.78 is 5.21. The molecule has 3 heteroatoms. The summed E-state index contributed by atoms with van der Waals surface area (Å²) in [5.41, 5.74) is 7.11. The Morgan fingerprint density at radius 2 is 2.12 bits per heavy atom. The molecule has 0 aliphatic heterocycles. The molecule has 1 aliphatic carbocycles. The van der Waals surface area contributed by atoms with Gasteiger partial charge in [-0.2, -0.15) is 0 Å². The number of rotatable bonds is 5. The lowest BCUT2D eigenvalue weighted by Crippen LogP contribution is -2.30. The molecule has 0 heterocycles. The van der Waals surface area contributed by atoms with Crippen LogP contribution < -0.4 is 5.73 Å². The molecule has 92 valence electrons. The number of benzene rings is 1. The van der Waals surface area contributed by atoms with Gasteiger partial charge in [-0.3, -0.25) is 4.79 Å². The van der Waals surface area contributed by atoms with Crippen molar-refractivity contribution in [3.05, 3.63) is 35.9 Å². The minimum atomic E-state index is -0.115. The predicted octanol–water partition coefficient (Wildman–Crippen LogP) is 1.76. The SMILES string of the molecule is C[C@@H]1C[C@H]1C(=O)OC[C@@H](N)Cc1ccccc1. The van der Waals surface area contributed by atoms with Crippen LogP contribution in [0.25, 0.3) is 0 Å². The first-order chi connectivity index (χ1) is 8.16. The highest BCUT2D eigenvalue weighted by molar-refractivity contribution is 5.75. The molecule has 0 amide bonds. The topological polar surface area (TPSA) is 52.3 Å². The molecule has 3 nitrogen and oxygen atoms in total. The van der Waals surface area contributed by atoms with E-state index in [9.17, 15) is 4.79 Å². The Morgan fingerprint density at radius 3 is 2.71 bits per heavy atom. The number of hydrogen-bond acceptors (Lipinski definition) is 3. The van der Waals surface area contributed by atoms with Crippen molar-refractivity contribution in [1.29, 1.82) is 0 Å². The van der Waals surface area contributed by atoms with E-state index in [0.717, 1.165) is 12.8 Å². The first kappa shape index (κ1) is 12.1. The summed E-state index contributed by atoms with van der Waals surface area (Å²) in [6.45, 7) is 2.38. The Morgan fingerprint density at radius 1 is 1.47 bits per heavy atom. The van der Waals surface area contributed by atoms with E-state index in [4.69, 9.17) is 10.5 Å². The second-order valence-corrected chi connectivity index (χ2v) is 4.90. The summed E-state index contributed by atoms with van der Waals surface area (Å²) in [6.07, 6.45) is 1.71. The van der Waals surface area contributed by atoms with Gasteiger partial charge in [0.25, 0.3) is 0 Å². The minimum absolute atomic E-state index is 0.0824. The summed E-state index contributed by atoms with van der Waals surface area (Å²) >= 11 is 0. The first-order valence-electron chi connectivity index (χ1n) is 6.13. The maximum absolute atomic E-state index is 11.5. The van der Waals surface area contributed by atoms with Crippen molar-refractivity contribution in [3.63, 3.8) is 0 Å². The standard InChI is InChI=1S/C14H19NO2/c1-10-7-13(10)14(16)17-9-12(15)8-11-5-3-2-4-6-11/h2-6,10,12-13H,7-9,15H2,1H3/t10-,12+,13-/m1/s1. The van der Waals surface area contributed by atoms with Gasteiger partial charge in [0.15, 0.2) is 0 Å². The van der Waals surface area contributed by atoms with Crippen LogP contribution in [-0.2, 0) is 16.0 Å². The smallest absolute Gasteiger partial charge is 0.309 e. The van der Waals surface area contributed by atoms with Gasteiger partial charge in [-0.25, -0.2) is 0 Å².